The molecule has 1 N–H and O–H groups in total. The number of hydrogen-bond donors (Lipinski definition) is 1. The number of nitrogens with zero attached hydrogens (tertiary/aromatic N) is 1. The summed E-state index contributed by atoms with van der Waals surface area (Å²) in [5.74, 6) is 0. The maximum Gasteiger partial charge on any atom is 0.0646 e. The van der Waals surface area contributed by atoms with Crippen molar-refractivity contribution in [1.29, 1.82) is 0 Å². The summed E-state index contributed by atoms with van der Waals surface area (Å²) in [5.41, 5.74) is 3.95. The summed E-state index contributed by atoms with van der Waals surface area (Å²) in [6, 6.07) is 2.07. The molecule has 0 bridgehead atoms. The molecule has 2 heteroatoms. The monoisotopic (exact) mass is 170 g/mol. The largest absolute Gasteiger partial charge is 0.359 e. The highest BCUT2D eigenvalue weighted by Gasteiger charge is 2.12. The minimum Gasteiger partial charge on any atom is -0.359 e. The van der Waals surface area contributed by atoms with E-state index in [1.165, 1.54) is 29.4 Å². The van der Waals surface area contributed by atoms with Crippen molar-refractivity contribution in [3.05, 3.63) is 36.3 Å². The molecule has 0 radical (unpaired) electrons. The molecule has 13 heavy (non-hydrogen) atoms. The lowest BCUT2D eigenvalue weighted by atomic mass is 9.92. The van der Waals surface area contributed by atoms with Crippen molar-refractivity contribution in [3.63, 3.8) is 0 Å². The number of nitrogens with one attached hydrogen (secondary N) is 1. The van der Waals surface area contributed by atoms with Gasteiger partial charge in [0.25, 0.3) is 0 Å². The van der Waals surface area contributed by atoms with E-state index in [4.69, 9.17) is 0 Å². The third-order valence-corrected chi connectivity index (χ3v) is 2.63. The van der Waals surface area contributed by atoms with Crippen LogP contribution in [0.3, 0.4) is 0 Å². The van der Waals surface area contributed by atoms with Crippen LogP contribution in [0, 0.1) is 0 Å². The van der Waals surface area contributed by atoms with E-state index >= 15 is 0 Å². The molecule has 0 fully saturated rings. The molecule has 0 saturated carbocycles. The van der Waals surface area contributed by atoms with Crippen LogP contribution in [0.5, 0.6) is 0 Å². The predicted octanol–water partition coefficient (Wildman–Crippen LogP) is 2.74. The molecule has 0 aromatic carbocycles. The molecule has 0 spiro atoms. The number of pyridine rings is 1. The zero-order valence-electron chi connectivity index (χ0n) is 7.25. The Morgan fingerprint density at radius 1 is 1.38 bits per heavy atom. The SMILES string of the molecule is C1=C(c2c[nH]c3cnccc23)CC1. The van der Waals surface area contributed by atoms with Crippen molar-refractivity contribution in [2.45, 2.75) is 12.8 Å². The van der Waals surface area contributed by atoms with E-state index in [-0.39, 0.29) is 0 Å². The predicted molar refractivity (Wildman–Crippen MR) is 53.3 cm³/mol. The number of aromatic nitrogens is 2. The van der Waals surface area contributed by atoms with E-state index in [2.05, 4.69) is 28.3 Å². The molecule has 3 rings (SSSR count). The van der Waals surface area contributed by atoms with Crippen LogP contribution in [0.15, 0.2) is 30.7 Å². The number of H-pyrrole nitrogens is 1. The molecule has 1 aliphatic carbocycles. The Kier molecular flexibility index (Phi) is 1.30. The zero-order chi connectivity index (χ0) is 8.67. The van der Waals surface area contributed by atoms with Gasteiger partial charge in [0.2, 0.25) is 0 Å². The van der Waals surface area contributed by atoms with E-state index in [0.29, 0.717) is 0 Å². The quantitative estimate of drug-likeness (QED) is 0.700. The van der Waals surface area contributed by atoms with Gasteiger partial charge in [0.1, 0.15) is 0 Å². The minimum atomic E-state index is 1.13. The summed E-state index contributed by atoms with van der Waals surface area (Å²) < 4.78 is 0. The third kappa shape index (κ3) is 0.917. The summed E-state index contributed by atoms with van der Waals surface area (Å²) >= 11 is 0. The Hall–Kier alpha value is -1.57. The van der Waals surface area contributed by atoms with Gasteiger partial charge < -0.3 is 4.98 Å². The lowest BCUT2D eigenvalue weighted by Gasteiger charge is -2.12. The second-order valence-electron chi connectivity index (χ2n) is 3.39. The van der Waals surface area contributed by atoms with Crippen molar-refractivity contribution in [2.24, 2.45) is 0 Å². The van der Waals surface area contributed by atoms with Gasteiger partial charge in [0.05, 0.1) is 11.7 Å². The van der Waals surface area contributed by atoms with Crippen LogP contribution in [0.4, 0.5) is 0 Å². The van der Waals surface area contributed by atoms with Gasteiger partial charge in [-0.25, -0.2) is 0 Å². The van der Waals surface area contributed by atoms with Gasteiger partial charge in [0, 0.05) is 23.3 Å². The van der Waals surface area contributed by atoms with Crippen LogP contribution in [0.1, 0.15) is 18.4 Å². The number of fused-ring (bicyclic) bond motifs is 1. The topological polar surface area (TPSA) is 28.7 Å². The smallest absolute Gasteiger partial charge is 0.0646 e. The standard InChI is InChI=1S/C11H10N2/c1-2-8(3-1)10-6-13-11-7-12-5-4-9(10)11/h2,4-7,13H,1,3H2. The Morgan fingerprint density at radius 3 is 3.08 bits per heavy atom. The molecule has 2 heterocycles. The lowest BCUT2D eigenvalue weighted by molar-refractivity contribution is 0.990. The Morgan fingerprint density at radius 2 is 2.31 bits per heavy atom. The van der Waals surface area contributed by atoms with Crippen LogP contribution in [0.25, 0.3) is 16.5 Å². The summed E-state index contributed by atoms with van der Waals surface area (Å²) in [6.45, 7) is 0. The van der Waals surface area contributed by atoms with Gasteiger partial charge in [-0.1, -0.05) is 6.08 Å². The fraction of sp³-hybridized carbons (Fsp3) is 0.182. The molecule has 0 saturated heterocycles. The second-order valence-corrected chi connectivity index (χ2v) is 3.39. The van der Waals surface area contributed by atoms with Crippen LogP contribution in [-0.2, 0) is 0 Å². The highest BCUT2D eigenvalue weighted by Crippen LogP contribution is 2.33. The van der Waals surface area contributed by atoms with Crippen LogP contribution in [-0.4, -0.2) is 9.97 Å². The zero-order valence-corrected chi connectivity index (χ0v) is 7.25. The molecule has 0 atom stereocenters. The Balaban J connectivity index is 2.29. The molecule has 2 aromatic heterocycles. The van der Waals surface area contributed by atoms with Crippen LogP contribution in [0.2, 0.25) is 0 Å². The second kappa shape index (κ2) is 2.46. The van der Waals surface area contributed by atoms with Crippen LogP contribution >= 0.6 is 0 Å². The molecule has 0 amide bonds. The maximum atomic E-state index is 4.08. The lowest BCUT2D eigenvalue weighted by Crippen LogP contribution is -1.91. The highest BCUT2D eigenvalue weighted by atomic mass is 14.7. The van der Waals surface area contributed by atoms with Gasteiger partial charge in [-0.15, -0.1) is 0 Å². The van der Waals surface area contributed by atoms with Gasteiger partial charge in [-0.05, 0) is 24.5 Å². The number of hydrogen-bond acceptors (Lipinski definition) is 1. The first-order chi connectivity index (χ1) is 6.45. The van der Waals surface area contributed by atoms with Crippen molar-refractivity contribution in [2.75, 3.05) is 0 Å². The van der Waals surface area contributed by atoms with E-state index in [0.717, 1.165) is 5.52 Å². The van der Waals surface area contributed by atoms with Crippen molar-refractivity contribution in [1.82, 2.24) is 9.97 Å². The molecule has 2 nitrogen and oxygen atoms in total. The fourth-order valence-electron chi connectivity index (χ4n) is 1.77. The van der Waals surface area contributed by atoms with E-state index < -0.39 is 0 Å². The molecular weight excluding hydrogens is 160 g/mol. The fourth-order valence-corrected chi connectivity index (χ4v) is 1.77. The van der Waals surface area contributed by atoms with Gasteiger partial charge in [0.15, 0.2) is 0 Å². The Bertz CT molecular complexity index is 480. The molecule has 0 unspecified atom stereocenters. The summed E-state index contributed by atoms with van der Waals surface area (Å²) in [6.07, 6.45) is 10.5. The first kappa shape index (κ1) is 6.89. The summed E-state index contributed by atoms with van der Waals surface area (Å²) in [4.78, 5) is 7.31. The number of allylic oxidation sites excluding steroid dienone is 2. The molecule has 64 valence electrons. The minimum absolute atomic E-state index is 1.13. The molecule has 2 aromatic rings. The van der Waals surface area contributed by atoms with Gasteiger partial charge in [-0.3, -0.25) is 4.98 Å². The van der Waals surface area contributed by atoms with Crippen molar-refractivity contribution in [3.8, 4) is 0 Å². The average Bonchev–Trinajstić information content (AvgIpc) is 2.47. The highest BCUT2D eigenvalue weighted by molar-refractivity contribution is 5.93. The maximum absolute atomic E-state index is 4.08. The normalized spacial score (nSPS) is 15.5. The van der Waals surface area contributed by atoms with Gasteiger partial charge >= 0.3 is 0 Å². The first-order valence-corrected chi connectivity index (χ1v) is 4.55. The van der Waals surface area contributed by atoms with Crippen LogP contribution < -0.4 is 0 Å². The summed E-state index contributed by atoms with van der Waals surface area (Å²) in [5, 5.41) is 1.29. The van der Waals surface area contributed by atoms with E-state index in [9.17, 15) is 0 Å². The number of aromatic amines is 1. The van der Waals surface area contributed by atoms with E-state index in [1.54, 1.807) is 0 Å². The Labute approximate surface area is 76.3 Å². The average molecular weight is 170 g/mol. The van der Waals surface area contributed by atoms with Gasteiger partial charge in [-0.2, -0.15) is 0 Å². The molecule has 0 aliphatic heterocycles. The first-order valence-electron chi connectivity index (χ1n) is 4.55. The third-order valence-electron chi connectivity index (χ3n) is 2.63. The molecule has 1 aliphatic rings. The van der Waals surface area contributed by atoms with Crippen molar-refractivity contribution >= 4 is 16.5 Å². The van der Waals surface area contributed by atoms with E-state index in [1.807, 2.05) is 12.4 Å². The summed E-state index contributed by atoms with van der Waals surface area (Å²) in [7, 11) is 0. The molecular formula is C11H10N2. The number of rotatable bonds is 1. The van der Waals surface area contributed by atoms with Crippen molar-refractivity contribution < 1.29 is 0 Å².